The van der Waals surface area contributed by atoms with Gasteiger partial charge in [-0.05, 0) is 26.2 Å². The zero-order chi connectivity index (χ0) is 15.8. The van der Waals surface area contributed by atoms with Gasteiger partial charge in [0.1, 0.15) is 11.5 Å². The second-order valence-corrected chi connectivity index (χ2v) is 5.02. The Kier molecular flexibility index (Phi) is 5.79. The maximum absolute atomic E-state index is 11.9. The molecular weight excluding hydrogens is 280 g/mol. The number of aromatic nitrogens is 3. The van der Waals surface area contributed by atoms with Crippen LogP contribution < -0.4 is 10.6 Å². The van der Waals surface area contributed by atoms with Crippen molar-refractivity contribution in [3.05, 3.63) is 48.2 Å². The fourth-order valence-electron chi connectivity index (χ4n) is 1.70. The number of carbonyl (C=O) groups is 1. The summed E-state index contributed by atoms with van der Waals surface area (Å²) < 4.78 is 0. The van der Waals surface area contributed by atoms with Crippen molar-refractivity contribution in [2.24, 2.45) is 0 Å². The van der Waals surface area contributed by atoms with E-state index in [-0.39, 0.29) is 5.91 Å². The molecule has 2 aromatic heterocycles. The second kappa shape index (κ2) is 8.04. The third-order valence-electron chi connectivity index (χ3n) is 2.91. The minimum absolute atomic E-state index is 0.217. The third-order valence-corrected chi connectivity index (χ3v) is 2.91. The van der Waals surface area contributed by atoms with Gasteiger partial charge in [-0.25, -0.2) is 9.97 Å². The van der Waals surface area contributed by atoms with Gasteiger partial charge < -0.3 is 15.5 Å². The van der Waals surface area contributed by atoms with Gasteiger partial charge in [-0.3, -0.25) is 9.78 Å². The van der Waals surface area contributed by atoms with Crippen LogP contribution in [0.2, 0.25) is 0 Å². The Morgan fingerprint density at radius 3 is 2.68 bits per heavy atom. The van der Waals surface area contributed by atoms with E-state index in [1.807, 2.05) is 37.2 Å². The Bertz CT molecular complexity index is 585. The van der Waals surface area contributed by atoms with Crippen molar-refractivity contribution >= 4 is 11.7 Å². The van der Waals surface area contributed by atoms with E-state index in [1.165, 1.54) is 6.20 Å². The normalized spacial score (nSPS) is 10.5. The predicted molar refractivity (Wildman–Crippen MR) is 84.5 cm³/mol. The first-order valence-corrected chi connectivity index (χ1v) is 7.04. The predicted octanol–water partition coefficient (Wildman–Crippen LogP) is 0.775. The third kappa shape index (κ3) is 5.10. The maximum atomic E-state index is 11.9. The number of anilines is 1. The van der Waals surface area contributed by atoms with Crippen LogP contribution in [0.25, 0.3) is 0 Å². The van der Waals surface area contributed by atoms with E-state index >= 15 is 0 Å². The average molecular weight is 300 g/mol. The highest BCUT2D eigenvalue weighted by molar-refractivity contribution is 5.91. The summed E-state index contributed by atoms with van der Waals surface area (Å²) in [5.41, 5.74) is 1.22. The number of amides is 1. The Hall–Kier alpha value is -2.54. The molecule has 2 rings (SSSR count). The molecule has 7 heteroatoms. The highest BCUT2D eigenvalue weighted by Gasteiger charge is 2.07. The summed E-state index contributed by atoms with van der Waals surface area (Å²) in [4.78, 5) is 26.4. The number of nitrogens with one attached hydrogen (secondary N) is 2. The number of likely N-dealkylation sites (N-methyl/N-ethyl adjacent to an activating group) is 1. The van der Waals surface area contributed by atoms with Crippen molar-refractivity contribution in [3.8, 4) is 0 Å². The van der Waals surface area contributed by atoms with Crippen molar-refractivity contribution in [2.45, 2.75) is 6.54 Å². The first-order valence-electron chi connectivity index (χ1n) is 7.04. The fourth-order valence-corrected chi connectivity index (χ4v) is 1.70. The second-order valence-electron chi connectivity index (χ2n) is 5.02. The molecule has 0 aliphatic heterocycles. The fraction of sp³-hybridized carbons (Fsp3) is 0.333. The van der Waals surface area contributed by atoms with E-state index in [9.17, 15) is 4.79 Å². The zero-order valence-electron chi connectivity index (χ0n) is 12.8. The van der Waals surface area contributed by atoms with Gasteiger partial charge >= 0.3 is 0 Å². The summed E-state index contributed by atoms with van der Waals surface area (Å²) in [5, 5.41) is 5.90. The van der Waals surface area contributed by atoms with Crippen molar-refractivity contribution < 1.29 is 4.79 Å². The van der Waals surface area contributed by atoms with Crippen molar-refractivity contribution in [1.29, 1.82) is 0 Å². The van der Waals surface area contributed by atoms with Crippen LogP contribution >= 0.6 is 0 Å². The molecule has 2 N–H and O–H groups in total. The quantitative estimate of drug-likeness (QED) is 0.786. The molecular formula is C15H20N6O. The smallest absolute Gasteiger partial charge is 0.271 e. The van der Waals surface area contributed by atoms with Crippen molar-refractivity contribution in [1.82, 2.24) is 25.2 Å². The Morgan fingerprint density at radius 1 is 1.18 bits per heavy atom. The van der Waals surface area contributed by atoms with Crippen LogP contribution in [-0.4, -0.2) is 52.9 Å². The standard InChI is InChI=1S/C15H20N6O/c1-21(2)8-7-17-15(22)13-10-20-14(11-18-13)19-9-12-5-3-4-6-16-12/h3-6,10-11H,7-9H2,1-2H3,(H,17,22)(H,19,20). The Morgan fingerprint density at radius 2 is 2.05 bits per heavy atom. The molecule has 0 saturated heterocycles. The van der Waals surface area contributed by atoms with Gasteiger partial charge in [-0.15, -0.1) is 0 Å². The lowest BCUT2D eigenvalue weighted by Crippen LogP contribution is -2.31. The molecule has 0 unspecified atom stereocenters. The Labute approximate surface area is 129 Å². The van der Waals surface area contributed by atoms with Crippen molar-refractivity contribution in [3.63, 3.8) is 0 Å². The van der Waals surface area contributed by atoms with Gasteiger partial charge in [0.2, 0.25) is 0 Å². The summed E-state index contributed by atoms with van der Waals surface area (Å²) in [6, 6.07) is 5.72. The van der Waals surface area contributed by atoms with Crippen molar-refractivity contribution in [2.75, 3.05) is 32.5 Å². The number of nitrogens with zero attached hydrogens (tertiary/aromatic N) is 4. The molecule has 0 atom stereocenters. The molecule has 2 heterocycles. The highest BCUT2D eigenvalue weighted by Crippen LogP contribution is 2.03. The van der Waals surface area contributed by atoms with Gasteiger partial charge in [-0.2, -0.15) is 0 Å². The van der Waals surface area contributed by atoms with Crippen LogP contribution in [0, 0.1) is 0 Å². The largest absolute Gasteiger partial charge is 0.363 e. The maximum Gasteiger partial charge on any atom is 0.271 e. The van der Waals surface area contributed by atoms with E-state index in [2.05, 4.69) is 25.6 Å². The molecule has 0 radical (unpaired) electrons. The lowest BCUT2D eigenvalue weighted by atomic mass is 10.3. The number of pyridine rings is 1. The highest BCUT2D eigenvalue weighted by atomic mass is 16.1. The molecule has 2 aromatic rings. The molecule has 7 nitrogen and oxygen atoms in total. The monoisotopic (exact) mass is 300 g/mol. The number of hydrogen-bond acceptors (Lipinski definition) is 6. The lowest BCUT2D eigenvalue weighted by Gasteiger charge is -2.10. The van der Waals surface area contributed by atoms with Crippen LogP contribution in [0.3, 0.4) is 0 Å². The number of carbonyl (C=O) groups excluding carboxylic acids is 1. The molecule has 0 bridgehead atoms. The molecule has 0 aromatic carbocycles. The zero-order valence-corrected chi connectivity index (χ0v) is 12.8. The molecule has 0 aliphatic carbocycles. The van der Waals surface area contributed by atoms with Crippen LogP contribution in [0.1, 0.15) is 16.2 Å². The van der Waals surface area contributed by atoms with Gasteiger partial charge in [0, 0.05) is 19.3 Å². The minimum atomic E-state index is -0.217. The van der Waals surface area contributed by atoms with E-state index in [1.54, 1.807) is 12.4 Å². The molecule has 0 spiro atoms. The van der Waals surface area contributed by atoms with E-state index in [0.29, 0.717) is 24.6 Å². The first-order chi connectivity index (χ1) is 10.6. The molecule has 1 amide bonds. The Balaban J connectivity index is 1.83. The van der Waals surface area contributed by atoms with Crippen LogP contribution in [0.5, 0.6) is 0 Å². The van der Waals surface area contributed by atoms with E-state index < -0.39 is 0 Å². The van der Waals surface area contributed by atoms with Crippen LogP contribution in [0.15, 0.2) is 36.8 Å². The first kappa shape index (κ1) is 15.8. The summed E-state index contributed by atoms with van der Waals surface area (Å²) in [5.74, 6) is 0.390. The van der Waals surface area contributed by atoms with Gasteiger partial charge in [0.25, 0.3) is 5.91 Å². The summed E-state index contributed by atoms with van der Waals surface area (Å²) >= 11 is 0. The average Bonchev–Trinajstić information content (AvgIpc) is 2.54. The van der Waals surface area contributed by atoms with E-state index in [4.69, 9.17) is 0 Å². The molecule has 0 saturated carbocycles. The van der Waals surface area contributed by atoms with Gasteiger partial charge in [-0.1, -0.05) is 6.07 Å². The summed E-state index contributed by atoms with van der Waals surface area (Å²) in [7, 11) is 3.90. The molecule has 22 heavy (non-hydrogen) atoms. The number of rotatable bonds is 7. The van der Waals surface area contributed by atoms with Gasteiger partial charge in [0.15, 0.2) is 0 Å². The minimum Gasteiger partial charge on any atom is -0.363 e. The number of hydrogen-bond donors (Lipinski definition) is 2. The summed E-state index contributed by atoms with van der Waals surface area (Å²) in [6.45, 7) is 1.92. The van der Waals surface area contributed by atoms with Crippen LogP contribution in [0.4, 0.5) is 5.82 Å². The SMILES string of the molecule is CN(C)CCNC(=O)c1cnc(NCc2ccccn2)cn1. The molecule has 0 aliphatic rings. The van der Waals surface area contributed by atoms with Crippen LogP contribution in [-0.2, 0) is 6.54 Å². The van der Waals surface area contributed by atoms with Gasteiger partial charge in [0.05, 0.1) is 24.6 Å². The lowest BCUT2D eigenvalue weighted by molar-refractivity contribution is 0.0945. The molecule has 116 valence electrons. The summed E-state index contributed by atoms with van der Waals surface area (Å²) in [6.07, 6.45) is 4.75. The molecule has 0 fully saturated rings. The van der Waals surface area contributed by atoms with E-state index in [0.717, 1.165) is 12.2 Å². The topological polar surface area (TPSA) is 83.0 Å².